The molecule has 0 aromatic heterocycles. The van der Waals surface area contributed by atoms with Crippen LogP contribution in [-0.4, -0.2) is 31.7 Å². The van der Waals surface area contributed by atoms with Crippen molar-refractivity contribution in [2.45, 2.75) is 45.6 Å². The van der Waals surface area contributed by atoms with Gasteiger partial charge >= 0.3 is 5.97 Å². The molecule has 0 spiro atoms. The summed E-state index contributed by atoms with van der Waals surface area (Å²) >= 11 is 0. The first-order valence-electron chi connectivity index (χ1n) is 6.72. The maximum Gasteiger partial charge on any atom is 0.326 e. The van der Waals surface area contributed by atoms with E-state index in [9.17, 15) is 4.79 Å². The summed E-state index contributed by atoms with van der Waals surface area (Å²) in [6.45, 7) is 7.36. The average molecular weight is 268 g/mol. The summed E-state index contributed by atoms with van der Waals surface area (Å²) in [5.41, 5.74) is 7.89. The normalized spacial score (nSPS) is 29.4. The van der Waals surface area contributed by atoms with Gasteiger partial charge in [-0.25, -0.2) is 0 Å². The van der Waals surface area contributed by atoms with Crippen molar-refractivity contribution in [2.75, 3.05) is 20.2 Å². The standard InChI is InChI=1S/C13H24N4O2/c1-10-9-12(2,3)5-6-13(10,11(18)19-4)15-7-8-16-17-14/h10,15H,5-9H2,1-4H3. The highest BCUT2D eigenvalue weighted by Crippen LogP contribution is 2.44. The van der Waals surface area contributed by atoms with Gasteiger partial charge in [0.25, 0.3) is 0 Å². The molecule has 6 heteroatoms. The van der Waals surface area contributed by atoms with E-state index >= 15 is 0 Å². The zero-order valence-electron chi connectivity index (χ0n) is 12.3. The number of hydrogen-bond donors (Lipinski definition) is 1. The predicted molar refractivity (Wildman–Crippen MR) is 73.6 cm³/mol. The van der Waals surface area contributed by atoms with Gasteiger partial charge in [0.1, 0.15) is 5.54 Å². The fourth-order valence-electron chi connectivity index (χ4n) is 3.08. The second-order valence-corrected chi connectivity index (χ2v) is 6.11. The first kappa shape index (κ1) is 15.8. The number of carbonyl (C=O) groups excluding carboxylic acids is 1. The van der Waals surface area contributed by atoms with Gasteiger partial charge in [-0.05, 0) is 36.1 Å². The second kappa shape index (κ2) is 6.26. The van der Waals surface area contributed by atoms with Gasteiger partial charge in [0.2, 0.25) is 0 Å². The van der Waals surface area contributed by atoms with Gasteiger partial charge in [-0.1, -0.05) is 25.9 Å². The van der Waals surface area contributed by atoms with Gasteiger partial charge in [-0.3, -0.25) is 4.79 Å². The molecule has 0 aromatic carbocycles. The van der Waals surface area contributed by atoms with Crippen LogP contribution in [0.5, 0.6) is 0 Å². The Balaban J connectivity index is 2.82. The molecular weight excluding hydrogens is 244 g/mol. The topological polar surface area (TPSA) is 87.1 Å². The maximum absolute atomic E-state index is 12.2. The molecule has 1 aliphatic rings. The highest BCUT2D eigenvalue weighted by molar-refractivity contribution is 5.81. The van der Waals surface area contributed by atoms with E-state index in [0.29, 0.717) is 13.1 Å². The third kappa shape index (κ3) is 3.61. The van der Waals surface area contributed by atoms with Crippen LogP contribution in [0.4, 0.5) is 0 Å². The summed E-state index contributed by atoms with van der Waals surface area (Å²) in [5, 5.41) is 6.76. The van der Waals surface area contributed by atoms with E-state index in [0.717, 1.165) is 19.3 Å². The van der Waals surface area contributed by atoms with Crippen molar-refractivity contribution in [1.29, 1.82) is 0 Å². The minimum Gasteiger partial charge on any atom is -0.468 e. The molecule has 108 valence electrons. The molecule has 6 nitrogen and oxygen atoms in total. The van der Waals surface area contributed by atoms with Crippen molar-refractivity contribution in [1.82, 2.24) is 5.32 Å². The summed E-state index contributed by atoms with van der Waals surface area (Å²) in [6.07, 6.45) is 2.70. The molecular formula is C13H24N4O2. The third-order valence-corrected chi connectivity index (χ3v) is 4.16. The van der Waals surface area contributed by atoms with E-state index in [1.165, 1.54) is 7.11 Å². The molecule has 1 aliphatic carbocycles. The maximum atomic E-state index is 12.2. The van der Waals surface area contributed by atoms with Crippen molar-refractivity contribution >= 4 is 5.97 Å². The lowest BCUT2D eigenvalue weighted by molar-refractivity contribution is -0.154. The zero-order valence-corrected chi connectivity index (χ0v) is 12.3. The Hall–Kier alpha value is -1.26. The number of hydrogen-bond acceptors (Lipinski definition) is 4. The number of methoxy groups -OCH3 is 1. The summed E-state index contributed by atoms with van der Waals surface area (Å²) in [7, 11) is 1.42. The number of rotatable bonds is 5. The quantitative estimate of drug-likeness (QED) is 0.273. The molecule has 0 heterocycles. The van der Waals surface area contributed by atoms with Crippen LogP contribution in [0.1, 0.15) is 40.0 Å². The fraction of sp³-hybridized carbons (Fsp3) is 0.923. The van der Waals surface area contributed by atoms with E-state index in [1.54, 1.807) is 0 Å². The van der Waals surface area contributed by atoms with Gasteiger partial charge in [-0.2, -0.15) is 0 Å². The van der Waals surface area contributed by atoms with Crippen LogP contribution in [0.25, 0.3) is 10.4 Å². The largest absolute Gasteiger partial charge is 0.468 e. The summed E-state index contributed by atoms with van der Waals surface area (Å²) in [5.74, 6) is -0.0220. The van der Waals surface area contributed by atoms with Crippen LogP contribution in [0.15, 0.2) is 5.11 Å². The first-order chi connectivity index (χ1) is 8.88. The lowest BCUT2D eigenvalue weighted by Gasteiger charge is -2.46. The van der Waals surface area contributed by atoms with Crippen molar-refractivity contribution in [3.8, 4) is 0 Å². The van der Waals surface area contributed by atoms with Gasteiger partial charge in [0.15, 0.2) is 0 Å². The molecule has 0 radical (unpaired) electrons. The Morgan fingerprint density at radius 1 is 1.53 bits per heavy atom. The molecule has 0 saturated heterocycles. The van der Waals surface area contributed by atoms with Gasteiger partial charge < -0.3 is 10.1 Å². The van der Waals surface area contributed by atoms with Gasteiger partial charge in [0.05, 0.1) is 7.11 Å². The molecule has 0 bridgehead atoms. The van der Waals surface area contributed by atoms with Crippen LogP contribution in [0.3, 0.4) is 0 Å². The van der Waals surface area contributed by atoms with Crippen LogP contribution in [-0.2, 0) is 9.53 Å². The highest BCUT2D eigenvalue weighted by atomic mass is 16.5. The lowest BCUT2D eigenvalue weighted by atomic mass is 9.63. The van der Waals surface area contributed by atoms with E-state index in [1.807, 2.05) is 0 Å². The molecule has 0 aliphatic heterocycles. The van der Waals surface area contributed by atoms with E-state index in [2.05, 4.69) is 36.1 Å². The minimum atomic E-state index is -0.644. The van der Waals surface area contributed by atoms with Crippen LogP contribution < -0.4 is 5.32 Å². The smallest absolute Gasteiger partial charge is 0.326 e. The minimum absolute atomic E-state index is 0.190. The number of ether oxygens (including phenoxy) is 1. The van der Waals surface area contributed by atoms with Crippen molar-refractivity contribution < 1.29 is 9.53 Å². The fourth-order valence-corrected chi connectivity index (χ4v) is 3.08. The molecule has 1 N–H and O–H groups in total. The average Bonchev–Trinajstić information content (AvgIpc) is 2.35. The number of nitrogens with one attached hydrogen (secondary N) is 1. The van der Waals surface area contributed by atoms with Gasteiger partial charge in [0, 0.05) is 18.0 Å². The van der Waals surface area contributed by atoms with E-state index in [4.69, 9.17) is 10.3 Å². The Morgan fingerprint density at radius 3 is 2.74 bits per heavy atom. The number of carbonyl (C=O) groups is 1. The molecule has 2 unspecified atom stereocenters. The molecule has 0 amide bonds. The Labute approximate surface area is 114 Å². The second-order valence-electron chi connectivity index (χ2n) is 6.11. The highest BCUT2D eigenvalue weighted by Gasteiger charge is 2.49. The molecule has 0 aromatic rings. The van der Waals surface area contributed by atoms with Crippen molar-refractivity contribution in [3.63, 3.8) is 0 Å². The monoisotopic (exact) mass is 268 g/mol. The molecule has 2 atom stereocenters. The molecule has 19 heavy (non-hydrogen) atoms. The van der Waals surface area contributed by atoms with Crippen LogP contribution in [0.2, 0.25) is 0 Å². The number of esters is 1. The summed E-state index contributed by atoms with van der Waals surface area (Å²) in [4.78, 5) is 14.9. The Bertz CT molecular complexity index is 377. The number of nitrogens with zero attached hydrogens (tertiary/aromatic N) is 3. The Morgan fingerprint density at radius 2 is 2.21 bits per heavy atom. The zero-order chi connectivity index (χ0) is 14.5. The Kier molecular flexibility index (Phi) is 5.20. The molecule has 1 saturated carbocycles. The summed E-state index contributed by atoms with van der Waals surface area (Å²) < 4.78 is 4.98. The van der Waals surface area contributed by atoms with Crippen LogP contribution in [0, 0.1) is 11.3 Å². The number of azide groups is 1. The third-order valence-electron chi connectivity index (χ3n) is 4.16. The van der Waals surface area contributed by atoms with Crippen molar-refractivity contribution in [2.24, 2.45) is 16.4 Å². The van der Waals surface area contributed by atoms with E-state index in [-0.39, 0.29) is 17.3 Å². The SMILES string of the molecule is COC(=O)C1(NCCN=[N+]=[N-])CCC(C)(C)CC1C. The molecule has 1 rings (SSSR count). The van der Waals surface area contributed by atoms with E-state index < -0.39 is 5.54 Å². The molecule has 1 fully saturated rings. The summed E-state index contributed by atoms with van der Waals surface area (Å²) in [6, 6.07) is 0. The van der Waals surface area contributed by atoms with Gasteiger partial charge in [-0.15, -0.1) is 0 Å². The van der Waals surface area contributed by atoms with Crippen LogP contribution >= 0.6 is 0 Å². The lowest BCUT2D eigenvalue weighted by Crippen LogP contribution is -2.60. The predicted octanol–water partition coefficient (Wildman–Crippen LogP) is 2.64. The van der Waals surface area contributed by atoms with Crippen molar-refractivity contribution in [3.05, 3.63) is 10.4 Å². The first-order valence-corrected chi connectivity index (χ1v) is 6.72.